The Bertz CT molecular complexity index is 2620. The summed E-state index contributed by atoms with van der Waals surface area (Å²) in [7, 11) is 0. The van der Waals surface area contributed by atoms with E-state index in [9.17, 15) is 0 Å². The number of rotatable bonds is 8. The fourth-order valence-corrected chi connectivity index (χ4v) is 7.39. The lowest BCUT2D eigenvalue weighted by atomic mass is 9.94. The molecule has 0 bridgehead atoms. The summed E-state index contributed by atoms with van der Waals surface area (Å²) in [4.78, 5) is 2.39. The summed E-state index contributed by atoms with van der Waals surface area (Å²) in [6, 6.07) is 80.8. The Morgan fingerprint density at radius 2 is 0.623 bits per heavy atom. The van der Waals surface area contributed by atoms with E-state index in [1.165, 1.54) is 66.4 Å². The van der Waals surface area contributed by atoms with Gasteiger partial charge in [0, 0.05) is 16.9 Å². The molecule has 9 aromatic carbocycles. The van der Waals surface area contributed by atoms with Crippen molar-refractivity contribution in [1.82, 2.24) is 0 Å². The van der Waals surface area contributed by atoms with Gasteiger partial charge in [0.15, 0.2) is 0 Å². The molecular formula is C52H37N. The molecule has 0 aliphatic rings. The first-order chi connectivity index (χ1) is 26.3. The second-order valence-electron chi connectivity index (χ2n) is 13.4. The Morgan fingerprint density at radius 1 is 0.245 bits per heavy atom. The molecule has 0 unspecified atom stereocenters. The smallest absolute Gasteiger partial charge is 0.0540 e. The van der Waals surface area contributed by atoms with E-state index in [0.717, 1.165) is 17.1 Å². The van der Waals surface area contributed by atoms with Crippen LogP contribution in [0.2, 0.25) is 0 Å². The van der Waals surface area contributed by atoms with Crippen molar-refractivity contribution in [2.24, 2.45) is 0 Å². The van der Waals surface area contributed by atoms with Gasteiger partial charge in [0.25, 0.3) is 0 Å². The highest BCUT2D eigenvalue weighted by Crippen LogP contribution is 2.43. The monoisotopic (exact) mass is 675 g/mol. The van der Waals surface area contributed by atoms with Crippen LogP contribution in [0.3, 0.4) is 0 Å². The van der Waals surface area contributed by atoms with Crippen molar-refractivity contribution < 1.29 is 0 Å². The maximum absolute atomic E-state index is 2.39. The highest BCUT2D eigenvalue weighted by atomic mass is 15.1. The van der Waals surface area contributed by atoms with Crippen LogP contribution >= 0.6 is 0 Å². The van der Waals surface area contributed by atoms with Crippen LogP contribution in [-0.4, -0.2) is 0 Å². The molecule has 9 aromatic rings. The van der Waals surface area contributed by atoms with Crippen LogP contribution in [0, 0.1) is 0 Å². The molecule has 250 valence electrons. The quantitative estimate of drug-likeness (QED) is 0.155. The van der Waals surface area contributed by atoms with E-state index < -0.39 is 0 Å². The predicted molar refractivity (Wildman–Crippen MR) is 226 cm³/mol. The molecule has 0 radical (unpaired) electrons. The first-order valence-corrected chi connectivity index (χ1v) is 18.2. The fraction of sp³-hybridized carbons (Fsp3) is 0. The maximum atomic E-state index is 2.39. The van der Waals surface area contributed by atoms with Crippen molar-refractivity contribution in [3.8, 4) is 55.6 Å². The predicted octanol–water partition coefficient (Wildman–Crippen LogP) is 14.6. The van der Waals surface area contributed by atoms with Crippen molar-refractivity contribution in [2.75, 3.05) is 4.90 Å². The van der Waals surface area contributed by atoms with E-state index in [4.69, 9.17) is 0 Å². The number of para-hydroxylation sites is 1. The highest BCUT2D eigenvalue weighted by Gasteiger charge is 2.18. The molecule has 0 saturated carbocycles. The summed E-state index contributed by atoms with van der Waals surface area (Å²) in [6.45, 7) is 0. The average Bonchev–Trinajstić information content (AvgIpc) is 3.25. The molecule has 53 heavy (non-hydrogen) atoms. The molecule has 0 N–H and O–H groups in total. The molecule has 9 rings (SSSR count). The zero-order valence-electron chi connectivity index (χ0n) is 29.3. The molecule has 0 heterocycles. The van der Waals surface area contributed by atoms with Gasteiger partial charge in [0.2, 0.25) is 0 Å². The van der Waals surface area contributed by atoms with Crippen LogP contribution in [0.4, 0.5) is 17.1 Å². The summed E-state index contributed by atoms with van der Waals surface area (Å²) in [5, 5.41) is 2.51. The lowest BCUT2D eigenvalue weighted by molar-refractivity contribution is 1.28. The second kappa shape index (κ2) is 14.3. The van der Waals surface area contributed by atoms with Gasteiger partial charge >= 0.3 is 0 Å². The summed E-state index contributed by atoms with van der Waals surface area (Å²) in [6.07, 6.45) is 0. The van der Waals surface area contributed by atoms with E-state index in [1.807, 2.05) is 0 Å². The summed E-state index contributed by atoms with van der Waals surface area (Å²) in [5.41, 5.74) is 15.3. The highest BCUT2D eigenvalue weighted by molar-refractivity contribution is 5.98. The van der Waals surface area contributed by atoms with E-state index in [1.54, 1.807) is 0 Å². The SMILES string of the molecule is c1ccc(-c2ccc(-c3ccc(N(c4ccc(-c5ccccc5)cc4)c4ccccc4-c4cccc(-c5cccc6ccccc56)c4)cc3)cc2)cc1. The van der Waals surface area contributed by atoms with Gasteiger partial charge in [0.1, 0.15) is 0 Å². The molecule has 1 nitrogen and oxygen atoms in total. The van der Waals surface area contributed by atoms with Crippen LogP contribution in [0.15, 0.2) is 224 Å². The van der Waals surface area contributed by atoms with Gasteiger partial charge in [-0.15, -0.1) is 0 Å². The first kappa shape index (κ1) is 32.0. The van der Waals surface area contributed by atoms with Gasteiger partial charge in [-0.2, -0.15) is 0 Å². The van der Waals surface area contributed by atoms with Crippen LogP contribution in [-0.2, 0) is 0 Å². The second-order valence-corrected chi connectivity index (χ2v) is 13.4. The topological polar surface area (TPSA) is 3.24 Å². The number of hydrogen-bond donors (Lipinski definition) is 0. The zero-order chi connectivity index (χ0) is 35.4. The molecule has 0 saturated heterocycles. The minimum atomic E-state index is 1.10. The van der Waals surface area contributed by atoms with Crippen LogP contribution in [0.1, 0.15) is 0 Å². The molecule has 0 atom stereocenters. The van der Waals surface area contributed by atoms with Crippen molar-refractivity contribution in [3.63, 3.8) is 0 Å². The van der Waals surface area contributed by atoms with Crippen molar-refractivity contribution in [2.45, 2.75) is 0 Å². The van der Waals surface area contributed by atoms with Gasteiger partial charge in [-0.3, -0.25) is 0 Å². The van der Waals surface area contributed by atoms with Crippen molar-refractivity contribution in [3.05, 3.63) is 224 Å². The summed E-state index contributed by atoms with van der Waals surface area (Å²) >= 11 is 0. The first-order valence-electron chi connectivity index (χ1n) is 18.2. The maximum Gasteiger partial charge on any atom is 0.0540 e. The number of hydrogen-bond acceptors (Lipinski definition) is 1. The molecular weight excluding hydrogens is 639 g/mol. The number of anilines is 3. The van der Waals surface area contributed by atoms with E-state index in [0.29, 0.717) is 0 Å². The van der Waals surface area contributed by atoms with Crippen LogP contribution < -0.4 is 4.90 Å². The number of nitrogens with zero attached hydrogens (tertiary/aromatic N) is 1. The standard InChI is InChI=1S/C52H37N/c1-3-13-38(14-4-1)40-25-27-41(28-26-40)43-31-35-48(36-32-43)53(47-33-29-42(30-34-47)39-15-5-2-6-16-39)52-24-10-9-22-51(52)46-20-11-19-45(37-46)50-23-12-18-44-17-7-8-21-49(44)50/h1-37H. The van der Waals surface area contributed by atoms with E-state index in [-0.39, 0.29) is 0 Å². The van der Waals surface area contributed by atoms with Crippen molar-refractivity contribution in [1.29, 1.82) is 0 Å². The Hall–Kier alpha value is -6.96. The van der Waals surface area contributed by atoms with Crippen LogP contribution in [0.5, 0.6) is 0 Å². The Morgan fingerprint density at radius 3 is 1.21 bits per heavy atom. The van der Waals surface area contributed by atoms with Crippen LogP contribution in [0.25, 0.3) is 66.4 Å². The molecule has 0 spiro atoms. The molecule has 1 heteroatoms. The van der Waals surface area contributed by atoms with Gasteiger partial charge in [-0.25, -0.2) is 0 Å². The Balaban J connectivity index is 1.12. The third kappa shape index (κ3) is 6.53. The Labute approximate surface area is 311 Å². The largest absolute Gasteiger partial charge is 0.310 e. The minimum Gasteiger partial charge on any atom is -0.310 e. The number of benzene rings is 9. The van der Waals surface area contributed by atoms with E-state index >= 15 is 0 Å². The molecule has 0 aliphatic carbocycles. The number of fused-ring (bicyclic) bond motifs is 1. The Kier molecular flexibility index (Phi) is 8.66. The fourth-order valence-electron chi connectivity index (χ4n) is 7.39. The summed E-state index contributed by atoms with van der Waals surface area (Å²) < 4.78 is 0. The lowest BCUT2D eigenvalue weighted by Gasteiger charge is -2.28. The third-order valence-electron chi connectivity index (χ3n) is 10.1. The van der Waals surface area contributed by atoms with Crippen molar-refractivity contribution >= 4 is 27.8 Å². The minimum absolute atomic E-state index is 1.10. The lowest BCUT2D eigenvalue weighted by Crippen LogP contribution is -2.11. The molecule has 0 amide bonds. The van der Waals surface area contributed by atoms with Gasteiger partial charge in [-0.05, 0) is 97.2 Å². The van der Waals surface area contributed by atoms with Gasteiger partial charge < -0.3 is 4.90 Å². The normalized spacial score (nSPS) is 11.0. The van der Waals surface area contributed by atoms with Gasteiger partial charge in [0.05, 0.1) is 5.69 Å². The molecule has 0 aromatic heterocycles. The zero-order valence-corrected chi connectivity index (χ0v) is 29.3. The average molecular weight is 676 g/mol. The molecule has 0 fully saturated rings. The summed E-state index contributed by atoms with van der Waals surface area (Å²) in [5.74, 6) is 0. The third-order valence-corrected chi connectivity index (χ3v) is 10.1. The van der Waals surface area contributed by atoms with E-state index in [2.05, 4.69) is 229 Å². The van der Waals surface area contributed by atoms with Gasteiger partial charge in [-0.1, -0.05) is 188 Å². The molecule has 0 aliphatic heterocycles.